The Morgan fingerprint density at radius 3 is 2.16 bits per heavy atom. The fourth-order valence-corrected chi connectivity index (χ4v) is 12.0. The lowest BCUT2D eigenvalue weighted by molar-refractivity contribution is -0.252. The van der Waals surface area contributed by atoms with Gasteiger partial charge in [0.15, 0.2) is 0 Å². The molecule has 6 aliphatic rings. The van der Waals surface area contributed by atoms with Crippen LogP contribution in [0, 0.1) is 56.2 Å². The summed E-state index contributed by atoms with van der Waals surface area (Å²) in [6, 6.07) is 0. The Hall–Kier alpha value is -0.0800. The van der Waals surface area contributed by atoms with Gasteiger partial charge in [0.1, 0.15) is 0 Å². The number of rotatable bonds is 0. The molecule has 1 N–H and O–H groups in total. The van der Waals surface area contributed by atoms with Gasteiger partial charge < -0.3 is 9.84 Å². The second-order valence-electron chi connectivity index (χ2n) is 15.7. The van der Waals surface area contributed by atoms with Gasteiger partial charge in [-0.3, -0.25) is 0 Å². The van der Waals surface area contributed by atoms with Crippen LogP contribution in [0.2, 0.25) is 0 Å². The van der Waals surface area contributed by atoms with Gasteiger partial charge in [-0.2, -0.15) is 0 Å². The van der Waals surface area contributed by atoms with Gasteiger partial charge >= 0.3 is 0 Å². The summed E-state index contributed by atoms with van der Waals surface area (Å²) in [6.45, 7) is 18.9. The molecular weight excluding hydrogens is 392 g/mol. The van der Waals surface area contributed by atoms with E-state index in [1.54, 1.807) is 0 Å². The average Bonchev–Trinajstić information content (AvgIpc) is 3.05. The molecule has 0 radical (unpaired) electrons. The van der Waals surface area contributed by atoms with E-state index in [9.17, 15) is 5.11 Å². The number of fused-ring (bicyclic) bond motifs is 5. The number of aliphatic hydroxyl groups excluding tert-OH is 1. The Kier molecular flexibility index (Phi) is 4.46. The molecule has 32 heavy (non-hydrogen) atoms. The molecule has 1 aliphatic heterocycles. The van der Waals surface area contributed by atoms with E-state index < -0.39 is 0 Å². The minimum atomic E-state index is -0.122. The second kappa shape index (κ2) is 6.37. The predicted molar refractivity (Wildman–Crippen MR) is 130 cm³/mol. The molecule has 5 aliphatic carbocycles. The summed E-state index contributed by atoms with van der Waals surface area (Å²) in [5, 5.41) is 10.9. The Balaban J connectivity index is 1.39. The third-order valence-corrected chi connectivity index (χ3v) is 14.1. The second-order valence-corrected chi connectivity index (χ2v) is 15.7. The number of aliphatic hydroxyl groups is 1. The predicted octanol–water partition coefficient (Wildman–Crippen LogP) is 7.24. The highest BCUT2D eigenvalue weighted by molar-refractivity contribution is 5.21. The summed E-state index contributed by atoms with van der Waals surface area (Å²) in [5.41, 5.74) is 2.16. The number of hydrogen-bond donors (Lipinski definition) is 1. The van der Waals surface area contributed by atoms with E-state index in [2.05, 4.69) is 48.5 Å². The smallest absolute Gasteiger partial charge is 0.0663 e. The van der Waals surface area contributed by atoms with E-state index in [1.807, 2.05) is 0 Å². The van der Waals surface area contributed by atoms with Crippen molar-refractivity contribution in [2.45, 2.75) is 125 Å². The summed E-state index contributed by atoms with van der Waals surface area (Å²) in [7, 11) is 0. The Labute approximate surface area is 197 Å². The first-order valence-corrected chi connectivity index (χ1v) is 14.1. The summed E-state index contributed by atoms with van der Waals surface area (Å²) in [5.74, 6) is 3.11. The zero-order chi connectivity index (χ0) is 22.9. The van der Waals surface area contributed by atoms with Crippen molar-refractivity contribution in [1.82, 2.24) is 0 Å². The van der Waals surface area contributed by atoms with Gasteiger partial charge in [-0.1, -0.05) is 48.5 Å². The van der Waals surface area contributed by atoms with E-state index in [0.29, 0.717) is 39.1 Å². The largest absolute Gasteiger partial charge is 0.393 e. The standard InChI is InChI=1S/C30H50O2/c1-25(2)14-16-30-17-15-28(6)19(23(30)24(25)32-18-30)8-9-21-27(5)12-11-22(31)26(3,4)20(27)10-13-29(21,28)7/h19-24,31H,8-18H2,1-7H3/t19-,20+,21+,22+,23-,24-,27+,28-,29-,30+/m1/s1. The fraction of sp³-hybridized carbons (Fsp3) is 1.00. The molecule has 2 bridgehead atoms. The Bertz CT molecular complexity index is 801. The van der Waals surface area contributed by atoms with Crippen LogP contribution in [0.25, 0.3) is 0 Å². The van der Waals surface area contributed by atoms with Crippen LogP contribution in [-0.2, 0) is 4.74 Å². The molecule has 6 rings (SSSR count). The SMILES string of the molecule is CC1(C)CC[C@@]23CC[C@]4(C)[C@H](CC[C@H]5[C@@]6(C)CC[C@H](O)C(C)(C)[C@@H]6CC[C@]54C)[C@@H]2[C@H]1OC3. The van der Waals surface area contributed by atoms with Crippen molar-refractivity contribution in [2.24, 2.45) is 56.2 Å². The topological polar surface area (TPSA) is 29.5 Å². The lowest BCUT2D eigenvalue weighted by atomic mass is 9.31. The fourth-order valence-electron chi connectivity index (χ4n) is 12.0. The molecule has 2 heteroatoms. The molecule has 0 amide bonds. The van der Waals surface area contributed by atoms with Crippen LogP contribution in [0.3, 0.4) is 0 Å². The van der Waals surface area contributed by atoms with Crippen molar-refractivity contribution >= 4 is 0 Å². The molecule has 0 unspecified atom stereocenters. The van der Waals surface area contributed by atoms with Gasteiger partial charge in [-0.15, -0.1) is 0 Å². The molecule has 10 atom stereocenters. The van der Waals surface area contributed by atoms with E-state index in [1.165, 1.54) is 57.8 Å². The van der Waals surface area contributed by atoms with Crippen molar-refractivity contribution in [1.29, 1.82) is 0 Å². The van der Waals surface area contributed by atoms with Gasteiger partial charge in [0.25, 0.3) is 0 Å². The molecule has 1 saturated heterocycles. The quantitative estimate of drug-likeness (QED) is 0.428. The van der Waals surface area contributed by atoms with Crippen molar-refractivity contribution in [2.75, 3.05) is 6.61 Å². The van der Waals surface area contributed by atoms with Crippen molar-refractivity contribution in [3.05, 3.63) is 0 Å². The zero-order valence-electron chi connectivity index (χ0n) is 22.1. The molecule has 0 spiro atoms. The van der Waals surface area contributed by atoms with E-state index in [-0.39, 0.29) is 11.5 Å². The molecule has 0 aromatic rings. The maximum atomic E-state index is 10.9. The van der Waals surface area contributed by atoms with Gasteiger partial charge in [0.05, 0.1) is 18.8 Å². The molecular formula is C30H50O2. The third kappa shape index (κ3) is 2.41. The van der Waals surface area contributed by atoms with Gasteiger partial charge in [-0.25, -0.2) is 0 Å². The molecule has 0 aromatic heterocycles. The minimum Gasteiger partial charge on any atom is -0.393 e. The molecule has 1 heterocycles. The van der Waals surface area contributed by atoms with Crippen LogP contribution < -0.4 is 0 Å². The lowest BCUT2D eigenvalue weighted by Crippen LogP contribution is -2.67. The maximum absolute atomic E-state index is 10.9. The summed E-state index contributed by atoms with van der Waals surface area (Å²) < 4.78 is 6.71. The normalized spacial score (nSPS) is 60.0. The van der Waals surface area contributed by atoms with Crippen molar-refractivity contribution < 1.29 is 9.84 Å². The molecule has 0 aromatic carbocycles. The molecule has 6 fully saturated rings. The van der Waals surface area contributed by atoms with E-state index >= 15 is 0 Å². The first kappa shape index (κ1) is 22.4. The first-order chi connectivity index (χ1) is 14.8. The highest BCUT2D eigenvalue weighted by Crippen LogP contribution is 2.78. The van der Waals surface area contributed by atoms with Gasteiger partial charge in [0, 0.05) is 0 Å². The van der Waals surface area contributed by atoms with Crippen LogP contribution in [0.4, 0.5) is 0 Å². The Morgan fingerprint density at radius 1 is 0.688 bits per heavy atom. The van der Waals surface area contributed by atoms with Crippen LogP contribution in [-0.4, -0.2) is 23.9 Å². The van der Waals surface area contributed by atoms with Crippen LogP contribution >= 0.6 is 0 Å². The van der Waals surface area contributed by atoms with Gasteiger partial charge in [-0.05, 0) is 120 Å². The summed E-state index contributed by atoms with van der Waals surface area (Å²) >= 11 is 0. The number of ether oxygens (including phenoxy) is 1. The highest BCUT2D eigenvalue weighted by Gasteiger charge is 2.72. The lowest BCUT2D eigenvalue weighted by Gasteiger charge is -2.73. The van der Waals surface area contributed by atoms with E-state index in [0.717, 1.165) is 30.8 Å². The van der Waals surface area contributed by atoms with Gasteiger partial charge in [0.2, 0.25) is 0 Å². The van der Waals surface area contributed by atoms with Crippen LogP contribution in [0.15, 0.2) is 0 Å². The third-order valence-electron chi connectivity index (χ3n) is 14.1. The average molecular weight is 443 g/mol. The highest BCUT2D eigenvalue weighted by atomic mass is 16.5. The van der Waals surface area contributed by atoms with Crippen LogP contribution in [0.5, 0.6) is 0 Å². The zero-order valence-corrected chi connectivity index (χ0v) is 22.1. The monoisotopic (exact) mass is 442 g/mol. The molecule has 2 nitrogen and oxygen atoms in total. The van der Waals surface area contributed by atoms with Crippen LogP contribution in [0.1, 0.15) is 113 Å². The van der Waals surface area contributed by atoms with E-state index in [4.69, 9.17) is 4.74 Å². The molecule has 182 valence electrons. The first-order valence-electron chi connectivity index (χ1n) is 14.1. The van der Waals surface area contributed by atoms with Crippen molar-refractivity contribution in [3.63, 3.8) is 0 Å². The Morgan fingerprint density at radius 2 is 1.41 bits per heavy atom. The summed E-state index contributed by atoms with van der Waals surface area (Å²) in [6.07, 6.45) is 13.7. The van der Waals surface area contributed by atoms with Crippen molar-refractivity contribution in [3.8, 4) is 0 Å². The minimum absolute atomic E-state index is 0.0586. The molecule has 5 saturated carbocycles. The maximum Gasteiger partial charge on any atom is 0.0663 e. The number of hydrogen-bond acceptors (Lipinski definition) is 2. The summed E-state index contributed by atoms with van der Waals surface area (Å²) in [4.78, 5) is 0.